The van der Waals surface area contributed by atoms with Crippen molar-refractivity contribution < 1.29 is 9.18 Å². The quantitative estimate of drug-likeness (QED) is 0.604. The zero-order valence-corrected chi connectivity index (χ0v) is 7.10. The first-order valence-electron chi connectivity index (χ1n) is 4.00. The van der Waals surface area contributed by atoms with E-state index in [1.165, 1.54) is 12.1 Å². The van der Waals surface area contributed by atoms with Crippen LogP contribution < -0.4 is 5.32 Å². The number of halogens is 1. The van der Waals surface area contributed by atoms with Crippen LogP contribution in [0.25, 0.3) is 5.57 Å². The maximum absolute atomic E-state index is 12.8. The molecule has 1 aliphatic heterocycles. The second kappa shape index (κ2) is 2.69. The molecule has 0 saturated heterocycles. The van der Waals surface area contributed by atoms with E-state index in [1.807, 2.05) is 0 Å². The molecule has 66 valence electrons. The normalized spacial score (nSPS) is 17.4. The Morgan fingerprint density at radius 1 is 1.46 bits per heavy atom. The van der Waals surface area contributed by atoms with Crippen molar-refractivity contribution in [2.75, 3.05) is 5.32 Å². The van der Waals surface area contributed by atoms with Gasteiger partial charge in [-0.3, -0.25) is 4.79 Å². The average Bonchev–Trinajstić information content (AvgIpc) is 2.40. The summed E-state index contributed by atoms with van der Waals surface area (Å²) in [4.78, 5) is 11.3. The van der Waals surface area contributed by atoms with Crippen LogP contribution in [0.3, 0.4) is 0 Å². The Bertz CT molecular complexity index is 409. The molecule has 1 aromatic rings. The standard InChI is InChI=1S/C10H8FNO/c1-2-7-8-5-6(11)3-4-9(8)12-10(7)13/h2-5H,1H3,(H,12,13)/b7-2-. The third-order valence-corrected chi connectivity index (χ3v) is 2.05. The van der Waals surface area contributed by atoms with E-state index in [-0.39, 0.29) is 11.7 Å². The molecule has 2 nitrogen and oxygen atoms in total. The first kappa shape index (κ1) is 7.98. The average molecular weight is 177 g/mol. The summed E-state index contributed by atoms with van der Waals surface area (Å²) in [5.74, 6) is -0.488. The molecule has 13 heavy (non-hydrogen) atoms. The van der Waals surface area contributed by atoms with Gasteiger partial charge in [-0.05, 0) is 25.1 Å². The largest absolute Gasteiger partial charge is 0.321 e. The molecule has 0 radical (unpaired) electrons. The van der Waals surface area contributed by atoms with Crippen molar-refractivity contribution in [1.82, 2.24) is 0 Å². The SMILES string of the molecule is C/C=C1\C(=O)Nc2ccc(F)cc21. The van der Waals surface area contributed by atoms with Crippen LogP contribution in [0.4, 0.5) is 10.1 Å². The van der Waals surface area contributed by atoms with Crippen LogP contribution in [-0.2, 0) is 4.79 Å². The summed E-state index contributed by atoms with van der Waals surface area (Å²) in [6.07, 6.45) is 1.68. The second-order valence-corrected chi connectivity index (χ2v) is 2.85. The minimum Gasteiger partial charge on any atom is -0.321 e. The number of benzene rings is 1. The molecule has 1 amide bonds. The molecule has 0 fully saturated rings. The molecule has 1 heterocycles. The van der Waals surface area contributed by atoms with Gasteiger partial charge in [-0.1, -0.05) is 6.08 Å². The predicted molar refractivity (Wildman–Crippen MR) is 48.7 cm³/mol. The van der Waals surface area contributed by atoms with Gasteiger partial charge in [0, 0.05) is 16.8 Å². The third-order valence-electron chi connectivity index (χ3n) is 2.05. The Hall–Kier alpha value is -1.64. The first-order valence-corrected chi connectivity index (χ1v) is 4.00. The number of rotatable bonds is 0. The monoisotopic (exact) mass is 177 g/mol. The number of amides is 1. The zero-order valence-electron chi connectivity index (χ0n) is 7.10. The maximum atomic E-state index is 12.8. The van der Waals surface area contributed by atoms with Crippen LogP contribution in [0.2, 0.25) is 0 Å². The van der Waals surface area contributed by atoms with Crippen LogP contribution in [0, 0.1) is 5.82 Å². The summed E-state index contributed by atoms with van der Waals surface area (Å²) in [7, 11) is 0. The van der Waals surface area contributed by atoms with Gasteiger partial charge in [0.2, 0.25) is 0 Å². The molecule has 3 heteroatoms. The lowest BCUT2D eigenvalue weighted by atomic mass is 10.1. The molecule has 0 spiro atoms. The number of fused-ring (bicyclic) bond motifs is 1. The van der Waals surface area contributed by atoms with Gasteiger partial charge in [-0.25, -0.2) is 4.39 Å². The van der Waals surface area contributed by atoms with E-state index >= 15 is 0 Å². The molecule has 1 aromatic carbocycles. The number of carbonyl (C=O) groups excluding carboxylic acids is 1. The molecule has 1 aliphatic rings. The number of hydrogen-bond donors (Lipinski definition) is 1. The van der Waals surface area contributed by atoms with Crippen molar-refractivity contribution in [3.05, 3.63) is 35.7 Å². The van der Waals surface area contributed by atoms with Gasteiger partial charge in [0.25, 0.3) is 5.91 Å². The fourth-order valence-electron chi connectivity index (χ4n) is 1.45. The van der Waals surface area contributed by atoms with Crippen molar-refractivity contribution in [2.24, 2.45) is 0 Å². The van der Waals surface area contributed by atoms with Crippen molar-refractivity contribution in [2.45, 2.75) is 6.92 Å². The number of anilines is 1. The second-order valence-electron chi connectivity index (χ2n) is 2.85. The van der Waals surface area contributed by atoms with Crippen LogP contribution in [0.5, 0.6) is 0 Å². The Labute approximate surface area is 75.1 Å². The fraction of sp³-hybridized carbons (Fsp3) is 0.100. The van der Waals surface area contributed by atoms with Crippen LogP contribution in [0.15, 0.2) is 24.3 Å². The third kappa shape index (κ3) is 1.13. The van der Waals surface area contributed by atoms with Gasteiger partial charge in [-0.2, -0.15) is 0 Å². The molecule has 0 saturated carbocycles. The van der Waals surface area contributed by atoms with Gasteiger partial charge in [0.1, 0.15) is 5.82 Å². The highest BCUT2D eigenvalue weighted by molar-refractivity contribution is 6.31. The summed E-state index contributed by atoms with van der Waals surface area (Å²) >= 11 is 0. The lowest BCUT2D eigenvalue weighted by molar-refractivity contribution is -0.110. The summed E-state index contributed by atoms with van der Waals surface area (Å²) in [5, 5.41) is 2.65. The van der Waals surface area contributed by atoms with E-state index < -0.39 is 0 Å². The summed E-state index contributed by atoms with van der Waals surface area (Å²) < 4.78 is 12.8. The van der Waals surface area contributed by atoms with Crippen molar-refractivity contribution in [1.29, 1.82) is 0 Å². The minimum atomic E-state index is -0.324. The molecule has 0 unspecified atom stereocenters. The highest BCUT2D eigenvalue weighted by Crippen LogP contribution is 2.31. The van der Waals surface area contributed by atoms with Crippen LogP contribution in [-0.4, -0.2) is 5.91 Å². The van der Waals surface area contributed by atoms with Gasteiger partial charge >= 0.3 is 0 Å². The predicted octanol–water partition coefficient (Wildman–Crippen LogP) is 2.18. The van der Waals surface area contributed by atoms with Crippen molar-refractivity contribution in [3.63, 3.8) is 0 Å². The molecule has 2 rings (SSSR count). The van der Waals surface area contributed by atoms with E-state index in [0.29, 0.717) is 16.8 Å². The van der Waals surface area contributed by atoms with Gasteiger partial charge in [0.05, 0.1) is 0 Å². The van der Waals surface area contributed by atoms with Crippen molar-refractivity contribution >= 4 is 17.2 Å². The lowest BCUT2D eigenvalue weighted by Crippen LogP contribution is -2.03. The molecule has 0 aromatic heterocycles. The van der Waals surface area contributed by atoms with Gasteiger partial charge in [-0.15, -0.1) is 0 Å². The molecule has 0 bridgehead atoms. The Kier molecular flexibility index (Phi) is 1.65. The molecule has 0 atom stereocenters. The lowest BCUT2D eigenvalue weighted by Gasteiger charge is -1.96. The van der Waals surface area contributed by atoms with Crippen LogP contribution in [0.1, 0.15) is 12.5 Å². The highest BCUT2D eigenvalue weighted by Gasteiger charge is 2.23. The Morgan fingerprint density at radius 2 is 2.23 bits per heavy atom. The van der Waals surface area contributed by atoms with E-state index in [4.69, 9.17) is 0 Å². The Morgan fingerprint density at radius 3 is 2.92 bits per heavy atom. The number of carbonyl (C=O) groups is 1. The zero-order chi connectivity index (χ0) is 9.42. The Balaban J connectivity index is 2.63. The molecular formula is C10H8FNO. The first-order chi connectivity index (χ1) is 6.22. The molecular weight excluding hydrogens is 169 g/mol. The highest BCUT2D eigenvalue weighted by atomic mass is 19.1. The minimum absolute atomic E-state index is 0.164. The van der Waals surface area contributed by atoms with Gasteiger partial charge < -0.3 is 5.32 Å². The molecule has 1 N–H and O–H groups in total. The number of hydrogen-bond acceptors (Lipinski definition) is 1. The van der Waals surface area contributed by atoms with Crippen LogP contribution >= 0.6 is 0 Å². The smallest absolute Gasteiger partial charge is 0.256 e. The fourth-order valence-corrected chi connectivity index (χ4v) is 1.45. The number of allylic oxidation sites excluding steroid dienone is 1. The topological polar surface area (TPSA) is 29.1 Å². The summed E-state index contributed by atoms with van der Waals surface area (Å²) in [5.41, 5.74) is 1.86. The number of nitrogens with one attached hydrogen (secondary N) is 1. The summed E-state index contributed by atoms with van der Waals surface area (Å²) in [6, 6.07) is 4.26. The van der Waals surface area contributed by atoms with Gasteiger partial charge in [0.15, 0.2) is 0 Å². The van der Waals surface area contributed by atoms with E-state index in [0.717, 1.165) is 0 Å². The summed E-state index contributed by atoms with van der Waals surface area (Å²) in [6.45, 7) is 1.76. The molecule has 0 aliphatic carbocycles. The van der Waals surface area contributed by atoms with E-state index in [2.05, 4.69) is 5.32 Å². The van der Waals surface area contributed by atoms with E-state index in [1.54, 1.807) is 19.1 Å². The van der Waals surface area contributed by atoms with E-state index in [9.17, 15) is 9.18 Å². The van der Waals surface area contributed by atoms with Crippen molar-refractivity contribution in [3.8, 4) is 0 Å². The maximum Gasteiger partial charge on any atom is 0.256 e.